The molecule has 30 heavy (non-hydrogen) atoms. The molecule has 3 N–H and O–H groups in total. The summed E-state index contributed by atoms with van der Waals surface area (Å²) in [6.07, 6.45) is -0.185. The molecular formula is C22H20ClNO6. The zero-order valence-electron chi connectivity index (χ0n) is 16.3. The highest BCUT2D eigenvalue weighted by atomic mass is 35.5. The van der Waals surface area contributed by atoms with Crippen LogP contribution in [0.2, 0.25) is 5.02 Å². The van der Waals surface area contributed by atoms with Crippen molar-refractivity contribution in [1.82, 2.24) is 0 Å². The van der Waals surface area contributed by atoms with Gasteiger partial charge in [-0.05, 0) is 48.9 Å². The summed E-state index contributed by atoms with van der Waals surface area (Å²) in [5.41, 5.74) is 0.135. The van der Waals surface area contributed by atoms with Crippen molar-refractivity contribution >= 4 is 23.2 Å². The summed E-state index contributed by atoms with van der Waals surface area (Å²) in [5, 5.41) is 23.8. The molecular weight excluding hydrogens is 410 g/mol. The SMILES string of the molecule is COc1ccc([C@@H](CC(=O)Nc2ccc(Cl)cc2)c2c(O)cc(C)oc2=O)cc1O. The van der Waals surface area contributed by atoms with E-state index in [1.807, 2.05) is 0 Å². The molecule has 156 valence electrons. The van der Waals surface area contributed by atoms with Gasteiger partial charge in [-0.1, -0.05) is 17.7 Å². The molecule has 3 rings (SSSR count). The van der Waals surface area contributed by atoms with Gasteiger partial charge in [0.15, 0.2) is 11.5 Å². The molecule has 0 saturated carbocycles. The van der Waals surface area contributed by atoms with Crippen molar-refractivity contribution in [3.63, 3.8) is 0 Å². The van der Waals surface area contributed by atoms with Crippen LogP contribution in [0, 0.1) is 6.92 Å². The Kier molecular flexibility index (Phi) is 6.32. The Labute approximate surface area is 177 Å². The summed E-state index contributed by atoms with van der Waals surface area (Å²) in [6.45, 7) is 1.53. The van der Waals surface area contributed by atoms with Crippen LogP contribution < -0.4 is 15.7 Å². The predicted molar refractivity (Wildman–Crippen MR) is 113 cm³/mol. The minimum absolute atomic E-state index is 0.0728. The van der Waals surface area contributed by atoms with Gasteiger partial charge in [-0.2, -0.15) is 0 Å². The zero-order chi connectivity index (χ0) is 21.8. The molecule has 1 atom stereocenters. The third kappa shape index (κ3) is 4.75. The molecule has 0 aliphatic rings. The Morgan fingerprint density at radius 2 is 1.83 bits per heavy atom. The summed E-state index contributed by atoms with van der Waals surface area (Å²) < 4.78 is 10.2. The van der Waals surface area contributed by atoms with E-state index in [1.165, 1.54) is 32.2 Å². The van der Waals surface area contributed by atoms with Crippen LogP contribution in [0.25, 0.3) is 0 Å². The molecule has 0 aliphatic carbocycles. The fourth-order valence-corrected chi connectivity index (χ4v) is 3.29. The Hall–Kier alpha value is -3.45. The highest BCUT2D eigenvalue weighted by molar-refractivity contribution is 6.30. The van der Waals surface area contributed by atoms with Crippen LogP contribution in [0.4, 0.5) is 5.69 Å². The second-order valence-electron chi connectivity index (χ2n) is 6.69. The predicted octanol–water partition coefficient (Wildman–Crippen LogP) is 4.18. The number of benzene rings is 2. The number of aromatic hydroxyl groups is 2. The number of amides is 1. The van der Waals surface area contributed by atoms with Gasteiger partial charge in [0.2, 0.25) is 5.91 Å². The van der Waals surface area contributed by atoms with E-state index >= 15 is 0 Å². The largest absolute Gasteiger partial charge is 0.507 e. The number of ether oxygens (including phenoxy) is 1. The van der Waals surface area contributed by atoms with E-state index in [0.717, 1.165) is 0 Å². The first kappa shape index (κ1) is 21.3. The van der Waals surface area contributed by atoms with Crippen LogP contribution >= 0.6 is 11.6 Å². The van der Waals surface area contributed by atoms with Crippen molar-refractivity contribution in [1.29, 1.82) is 0 Å². The summed E-state index contributed by atoms with van der Waals surface area (Å²) in [5.74, 6) is -1.24. The number of rotatable bonds is 6. The van der Waals surface area contributed by atoms with E-state index in [1.54, 1.807) is 30.3 Å². The van der Waals surface area contributed by atoms with Crippen LogP contribution in [0.3, 0.4) is 0 Å². The fourth-order valence-electron chi connectivity index (χ4n) is 3.17. The molecule has 1 heterocycles. The average Bonchev–Trinajstić information content (AvgIpc) is 2.68. The summed E-state index contributed by atoms with van der Waals surface area (Å²) in [7, 11) is 1.41. The van der Waals surface area contributed by atoms with Gasteiger partial charge in [-0.15, -0.1) is 0 Å². The smallest absolute Gasteiger partial charge is 0.343 e. The summed E-state index contributed by atoms with van der Waals surface area (Å²) in [4.78, 5) is 25.2. The molecule has 0 saturated heterocycles. The first-order chi connectivity index (χ1) is 14.3. The second-order valence-corrected chi connectivity index (χ2v) is 7.12. The van der Waals surface area contributed by atoms with Crippen LogP contribution in [-0.4, -0.2) is 23.2 Å². The van der Waals surface area contributed by atoms with Gasteiger partial charge in [0.1, 0.15) is 11.5 Å². The number of nitrogens with one attached hydrogen (secondary N) is 1. The van der Waals surface area contributed by atoms with Gasteiger partial charge < -0.3 is 24.7 Å². The molecule has 0 unspecified atom stereocenters. The summed E-state index contributed by atoms with van der Waals surface area (Å²) >= 11 is 5.86. The third-order valence-corrected chi connectivity index (χ3v) is 4.81. The maximum absolute atomic E-state index is 12.7. The lowest BCUT2D eigenvalue weighted by Crippen LogP contribution is -2.21. The second kappa shape index (κ2) is 8.92. The molecule has 0 spiro atoms. The summed E-state index contributed by atoms with van der Waals surface area (Å²) in [6, 6.07) is 12.4. The maximum atomic E-state index is 12.7. The topological polar surface area (TPSA) is 109 Å². The first-order valence-electron chi connectivity index (χ1n) is 9.04. The standard InChI is InChI=1S/C22H20ClNO6/c1-12-9-18(26)21(22(28)30-12)16(13-3-8-19(29-2)17(25)10-13)11-20(27)24-15-6-4-14(23)5-7-15/h3-10,16,25-26H,11H2,1-2H3,(H,24,27)/t16-/m1/s1. The maximum Gasteiger partial charge on any atom is 0.343 e. The lowest BCUT2D eigenvalue weighted by Gasteiger charge is -2.19. The lowest BCUT2D eigenvalue weighted by molar-refractivity contribution is -0.116. The fraction of sp³-hybridized carbons (Fsp3) is 0.182. The first-order valence-corrected chi connectivity index (χ1v) is 9.42. The van der Waals surface area contributed by atoms with Gasteiger partial charge in [0, 0.05) is 29.1 Å². The van der Waals surface area contributed by atoms with Crippen LogP contribution in [0.5, 0.6) is 17.2 Å². The number of phenols is 1. The van der Waals surface area contributed by atoms with Crippen molar-refractivity contribution in [2.75, 3.05) is 12.4 Å². The molecule has 0 radical (unpaired) electrons. The molecule has 0 aliphatic heterocycles. The molecule has 2 aromatic carbocycles. The van der Waals surface area contributed by atoms with Crippen molar-refractivity contribution < 1.29 is 24.2 Å². The number of hydrogen-bond donors (Lipinski definition) is 3. The number of hydrogen-bond acceptors (Lipinski definition) is 6. The molecule has 1 amide bonds. The molecule has 3 aromatic rings. The Morgan fingerprint density at radius 3 is 2.43 bits per heavy atom. The van der Waals surface area contributed by atoms with Crippen LogP contribution in [0.1, 0.15) is 29.2 Å². The molecule has 7 nitrogen and oxygen atoms in total. The normalized spacial score (nSPS) is 11.7. The highest BCUT2D eigenvalue weighted by Crippen LogP contribution is 2.36. The number of halogens is 1. The minimum Gasteiger partial charge on any atom is -0.507 e. The van der Waals surface area contributed by atoms with E-state index in [4.69, 9.17) is 20.8 Å². The molecule has 0 fully saturated rings. The van der Waals surface area contributed by atoms with Gasteiger partial charge in [-0.25, -0.2) is 4.79 Å². The highest BCUT2D eigenvalue weighted by Gasteiger charge is 2.26. The molecule has 1 aromatic heterocycles. The number of aryl methyl sites for hydroxylation is 1. The van der Waals surface area contributed by atoms with E-state index in [-0.39, 0.29) is 35.0 Å². The van der Waals surface area contributed by atoms with E-state index in [9.17, 15) is 19.8 Å². The van der Waals surface area contributed by atoms with Crippen molar-refractivity contribution in [3.8, 4) is 17.2 Å². The lowest BCUT2D eigenvalue weighted by atomic mass is 9.88. The number of carbonyl (C=O) groups is 1. The quantitative estimate of drug-likeness (QED) is 0.542. The van der Waals surface area contributed by atoms with Crippen molar-refractivity contribution in [3.05, 3.63) is 80.9 Å². The van der Waals surface area contributed by atoms with E-state index in [0.29, 0.717) is 16.3 Å². The number of phenolic OH excluding ortho intramolecular Hbond substituents is 1. The van der Waals surface area contributed by atoms with Gasteiger partial charge >= 0.3 is 5.63 Å². The van der Waals surface area contributed by atoms with Crippen molar-refractivity contribution in [2.24, 2.45) is 0 Å². The van der Waals surface area contributed by atoms with E-state index < -0.39 is 17.5 Å². The number of methoxy groups -OCH3 is 1. The minimum atomic E-state index is -0.869. The Balaban J connectivity index is 1.99. The Morgan fingerprint density at radius 1 is 1.13 bits per heavy atom. The van der Waals surface area contributed by atoms with Crippen LogP contribution in [-0.2, 0) is 4.79 Å². The number of anilines is 1. The van der Waals surface area contributed by atoms with Gasteiger partial charge in [0.25, 0.3) is 0 Å². The molecule has 8 heteroatoms. The average molecular weight is 430 g/mol. The Bertz CT molecular complexity index is 1120. The molecule has 0 bridgehead atoms. The van der Waals surface area contributed by atoms with E-state index in [2.05, 4.69) is 5.32 Å². The third-order valence-electron chi connectivity index (χ3n) is 4.56. The van der Waals surface area contributed by atoms with Gasteiger partial charge in [0.05, 0.1) is 12.7 Å². The van der Waals surface area contributed by atoms with Gasteiger partial charge in [-0.3, -0.25) is 4.79 Å². The number of carbonyl (C=O) groups excluding carboxylic acids is 1. The van der Waals surface area contributed by atoms with Crippen molar-refractivity contribution in [2.45, 2.75) is 19.3 Å². The monoisotopic (exact) mass is 429 g/mol. The zero-order valence-corrected chi connectivity index (χ0v) is 17.1. The van der Waals surface area contributed by atoms with Crippen LogP contribution in [0.15, 0.2) is 57.7 Å².